The van der Waals surface area contributed by atoms with Gasteiger partial charge in [-0.05, 0) is 80.9 Å². The number of halogens is 2. The van der Waals surface area contributed by atoms with Gasteiger partial charge in [0, 0.05) is 22.6 Å². The Morgan fingerprint density at radius 3 is 2.32 bits per heavy atom. The van der Waals surface area contributed by atoms with Crippen LogP contribution in [0.2, 0.25) is 0 Å². The highest BCUT2D eigenvalue weighted by Gasteiger charge is 2.23. The molecule has 2 aromatic carbocycles. The number of esters is 1. The summed E-state index contributed by atoms with van der Waals surface area (Å²) < 4.78 is 38.8. The minimum atomic E-state index is -1.30. The molecule has 3 rings (SSSR count). The van der Waals surface area contributed by atoms with Gasteiger partial charge in [0.15, 0.2) is 17.7 Å². The van der Waals surface area contributed by atoms with Crippen molar-refractivity contribution in [1.29, 1.82) is 5.26 Å². The maximum Gasteiger partial charge on any atom is 0.349 e. The summed E-state index contributed by atoms with van der Waals surface area (Å²) in [7, 11) is 1.58. The van der Waals surface area contributed by atoms with Crippen LogP contribution in [0.4, 0.5) is 8.78 Å². The minimum absolute atomic E-state index is 0.148. The maximum atomic E-state index is 13.4. The van der Waals surface area contributed by atoms with Crippen molar-refractivity contribution < 1.29 is 27.8 Å². The van der Waals surface area contributed by atoms with E-state index >= 15 is 0 Å². The first kappa shape index (κ1) is 24.4. The summed E-state index contributed by atoms with van der Waals surface area (Å²) in [5.74, 6) is -3.28. The topological polar surface area (TPSA) is 81.3 Å². The molecule has 3 aromatic rings. The third kappa shape index (κ3) is 5.04. The van der Waals surface area contributed by atoms with E-state index in [1.54, 1.807) is 13.2 Å². The lowest BCUT2D eigenvalue weighted by Gasteiger charge is -2.12. The molecule has 0 fully saturated rings. The van der Waals surface area contributed by atoms with Gasteiger partial charge in [-0.25, -0.2) is 13.6 Å². The van der Waals surface area contributed by atoms with Gasteiger partial charge < -0.3 is 14.0 Å². The number of aromatic nitrogens is 1. The number of carbonyl (C=O) groups excluding carboxylic acids is 2. The molecule has 0 bridgehead atoms. The SMILES string of the molecule is COc1ccc(-n2c(C)cc(/C=C(\C#N)C(=O)OC(C)C(=O)c3ccc(F)c(F)c3)c2C)cc1. The number of nitriles is 1. The van der Waals surface area contributed by atoms with Crippen molar-refractivity contribution in [2.75, 3.05) is 7.11 Å². The second-order valence-electron chi connectivity index (χ2n) is 7.57. The van der Waals surface area contributed by atoms with Gasteiger partial charge in [-0.1, -0.05) is 0 Å². The molecule has 0 saturated carbocycles. The number of aryl methyl sites for hydroxylation is 1. The van der Waals surface area contributed by atoms with Gasteiger partial charge in [-0.15, -0.1) is 0 Å². The first-order valence-electron chi connectivity index (χ1n) is 10.3. The van der Waals surface area contributed by atoms with E-state index in [0.717, 1.165) is 35.3 Å². The summed E-state index contributed by atoms with van der Waals surface area (Å²) in [4.78, 5) is 25.0. The molecule has 0 saturated heterocycles. The average Bonchev–Trinajstić information content (AvgIpc) is 3.11. The molecule has 0 N–H and O–H groups in total. The number of carbonyl (C=O) groups is 2. The van der Waals surface area contributed by atoms with Crippen LogP contribution < -0.4 is 4.74 Å². The number of ketones is 1. The second-order valence-corrected chi connectivity index (χ2v) is 7.57. The van der Waals surface area contributed by atoms with Crippen molar-refractivity contribution in [1.82, 2.24) is 4.57 Å². The summed E-state index contributed by atoms with van der Waals surface area (Å²) in [6.45, 7) is 5.03. The Bertz CT molecular complexity index is 1320. The molecular weight excluding hydrogens is 442 g/mol. The van der Waals surface area contributed by atoms with E-state index in [0.29, 0.717) is 11.3 Å². The van der Waals surface area contributed by atoms with Crippen molar-refractivity contribution >= 4 is 17.8 Å². The number of benzene rings is 2. The molecule has 0 aliphatic heterocycles. The standard InChI is InChI=1S/C26H22F2N2O4/c1-15-11-19(16(2)30(15)21-6-8-22(33-4)9-7-21)12-20(14-29)26(32)34-17(3)25(31)18-5-10-23(27)24(28)13-18/h5-13,17H,1-4H3/b20-12+. The molecule has 1 unspecified atom stereocenters. The van der Waals surface area contributed by atoms with Crippen LogP contribution in [0.25, 0.3) is 11.8 Å². The van der Waals surface area contributed by atoms with Crippen LogP contribution in [-0.4, -0.2) is 29.5 Å². The van der Waals surface area contributed by atoms with Crippen LogP contribution >= 0.6 is 0 Å². The smallest absolute Gasteiger partial charge is 0.349 e. The number of nitrogens with zero attached hydrogens (tertiary/aromatic N) is 2. The van der Waals surface area contributed by atoms with Crippen molar-refractivity contribution in [3.8, 4) is 17.5 Å². The van der Waals surface area contributed by atoms with Gasteiger partial charge in [-0.3, -0.25) is 4.79 Å². The fraction of sp³-hybridized carbons (Fsp3) is 0.192. The minimum Gasteiger partial charge on any atom is -0.497 e. The van der Waals surface area contributed by atoms with E-state index in [-0.39, 0.29) is 11.1 Å². The fourth-order valence-corrected chi connectivity index (χ4v) is 3.52. The molecule has 0 aliphatic rings. The first-order valence-corrected chi connectivity index (χ1v) is 10.3. The second kappa shape index (κ2) is 10.1. The van der Waals surface area contributed by atoms with Crippen LogP contribution in [0.3, 0.4) is 0 Å². The number of methoxy groups -OCH3 is 1. The lowest BCUT2D eigenvalue weighted by atomic mass is 10.1. The number of hydrogen-bond acceptors (Lipinski definition) is 5. The Morgan fingerprint density at radius 2 is 1.74 bits per heavy atom. The lowest BCUT2D eigenvalue weighted by molar-refractivity contribution is -0.141. The maximum absolute atomic E-state index is 13.4. The zero-order chi connectivity index (χ0) is 25.0. The van der Waals surface area contributed by atoms with Gasteiger partial charge in [0.1, 0.15) is 17.4 Å². The predicted octanol–water partition coefficient (Wildman–Crippen LogP) is 5.10. The van der Waals surface area contributed by atoms with Crippen LogP contribution in [0.5, 0.6) is 5.75 Å². The fourth-order valence-electron chi connectivity index (χ4n) is 3.52. The van der Waals surface area contributed by atoms with Gasteiger partial charge in [0.25, 0.3) is 0 Å². The average molecular weight is 464 g/mol. The molecule has 6 nitrogen and oxygen atoms in total. The van der Waals surface area contributed by atoms with E-state index in [4.69, 9.17) is 9.47 Å². The molecule has 8 heteroatoms. The third-order valence-corrected chi connectivity index (χ3v) is 5.30. The highest BCUT2D eigenvalue weighted by molar-refractivity contribution is 6.03. The van der Waals surface area contributed by atoms with Crippen LogP contribution in [-0.2, 0) is 9.53 Å². The molecule has 1 heterocycles. The zero-order valence-electron chi connectivity index (χ0n) is 19.1. The van der Waals surface area contributed by atoms with Crippen molar-refractivity contribution in [2.45, 2.75) is 26.9 Å². The summed E-state index contributed by atoms with van der Waals surface area (Å²) in [5.41, 5.74) is 2.71. The highest BCUT2D eigenvalue weighted by Crippen LogP contribution is 2.25. The van der Waals surface area contributed by atoms with E-state index in [1.807, 2.05) is 48.7 Å². The van der Waals surface area contributed by atoms with E-state index in [1.165, 1.54) is 13.0 Å². The molecule has 0 spiro atoms. The van der Waals surface area contributed by atoms with Gasteiger partial charge in [0.05, 0.1) is 7.11 Å². The van der Waals surface area contributed by atoms with Crippen LogP contribution in [0.1, 0.15) is 34.2 Å². The third-order valence-electron chi connectivity index (χ3n) is 5.30. The van der Waals surface area contributed by atoms with Crippen molar-refractivity contribution in [3.63, 3.8) is 0 Å². The van der Waals surface area contributed by atoms with E-state index in [2.05, 4.69) is 0 Å². The van der Waals surface area contributed by atoms with Crippen molar-refractivity contribution in [3.05, 3.63) is 88.3 Å². The predicted molar refractivity (Wildman–Crippen MR) is 122 cm³/mol. The largest absolute Gasteiger partial charge is 0.497 e. The van der Waals surface area contributed by atoms with Crippen LogP contribution in [0.15, 0.2) is 54.1 Å². The molecule has 34 heavy (non-hydrogen) atoms. The van der Waals surface area contributed by atoms with Crippen molar-refractivity contribution in [2.24, 2.45) is 0 Å². The Morgan fingerprint density at radius 1 is 1.06 bits per heavy atom. The summed E-state index contributed by atoms with van der Waals surface area (Å²) in [6.07, 6.45) is 0.0836. The number of hydrogen-bond donors (Lipinski definition) is 0. The molecule has 174 valence electrons. The number of Topliss-reactive ketones (excluding diaryl/α,β-unsaturated/α-hetero) is 1. The molecule has 0 radical (unpaired) electrons. The first-order chi connectivity index (χ1) is 16.2. The summed E-state index contributed by atoms with van der Waals surface area (Å²) >= 11 is 0. The quantitative estimate of drug-likeness (QED) is 0.210. The summed E-state index contributed by atoms with van der Waals surface area (Å²) in [5, 5.41) is 9.52. The number of ether oxygens (including phenoxy) is 2. The number of rotatable bonds is 7. The summed E-state index contributed by atoms with van der Waals surface area (Å²) in [6, 6.07) is 13.7. The highest BCUT2D eigenvalue weighted by atomic mass is 19.2. The lowest BCUT2D eigenvalue weighted by Crippen LogP contribution is -2.25. The molecule has 1 atom stereocenters. The van der Waals surface area contributed by atoms with Gasteiger partial charge >= 0.3 is 5.97 Å². The van der Waals surface area contributed by atoms with Crippen LogP contribution in [0, 0.1) is 36.8 Å². The Hall–Kier alpha value is -4.25. The monoisotopic (exact) mass is 464 g/mol. The Labute approximate surface area is 195 Å². The van der Waals surface area contributed by atoms with Gasteiger partial charge in [0.2, 0.25) is 5.78 Å². The molecule has 0 amide bonds. The normalized spacial score (nSPS) is 12.1. The van der Waals surface area contributed by atoms with Gasteiger partial charge in [-0.2, -0.15) is 5.26 Å². The molecular formula is C26H22F2N2O4. The Balaban J connectivity index is 1.83. The zero-order valence-corrected chi connectivity index (χ0v) is 19.1. The molecule has 0 aliphatic carbocycles. The Kier molecular flexibility index (Phi) is 7.27. The van der Waals surface area contributed by atoms with E-state index in [9.17, 15) is 23.6 Å². The molecule has 1 aromatic heterocycles. The van der Waals surface area contributed by atoms with E-state index < -0.39 is 29.5 Å².